The summed E-state index contributed by atoms with van der Waals surface area (Å²) in [7, 11) is 0. The third-order valence-corrected chi connectivity index (χ3v) is 4.93. The first-order valence-corrected chi connectivity index (χ1v) is 9.29. The van der Waals surface area contributed by atoms with Crippen LogP contribution in [-0.4, -0.2) is 40.2 Å². The molecule has 0 spiro atoms. The van der Waals surface area contributed by atoms with E-state index in [0.29, 0.717) is 17.9 Å². The summed E-state index contributed by atoms with van der Waals surface area (Å²) in [6.45, 7) is 2.38. The van der Waals surface area contributed by atoms with Crippen molar-refractivity contribution in [3.8, 4) is 5.75 Å². The van der Waals surface area contributed by atoms with E-state index in [-0.39, 0.29) is 17.5 Å². The van der Waals surface area contributed by atoms with E-state index < -0.39 is 11.2 Å². The average molecular weight is 479 g/mol. The molecule has 0 aromatic heterocycles. The molecule has 0 bridgehead atoms. The van der Waals surface area contributed by atoms with Crippen LogP contribution >= 0.6 is 43.6 Å². The highest BCUT2D eigenvalue weighted by Crippen LogP contribution is 2.32. The average Bonchev–Trinajstić information content (AvgIpc) is 2.82. The van der Waals surface area contributed by atoms with Crippen molar-refractivity contribution in [1.29, 1.82) is 0 Å². The zero-order chi connectivity index (χ0) is 17.7. The van der Waals surface area contributed by atoms with Gasteiger partial charge in [-0.2, -0.15) is 5.10 Å². The first-order valence-electron chi connectivity index (χ1n) is 6.83. The number of benzene rings is 1. The van der Waals surface area contributed by atoms with Crippen molar-refractivity contribution < 1.29 is 19.4 Å². The highest BCUT2D eigenvalue weighted by atomic mass is 79.9. The molecule has 1 aromatic carbocycles. The number of carboxylic acids is 1. The number of carbonyl (C=O) groups excluding carboxylic acids is 1. The minimum Gasteiger partial charge on any atom is -0.492 e. The fraction of sp³-hybridized carbons (Fsp3) is 0.286. The lowest BCUT2D eigenvalue weighted by molar-refractivity contribution is -0.138. The first kappa shape index (κ1) is 18.9. The van der Waals surface area contributed by atoms with Crippen molar-refractivity contribution in [1.82, 2.24) is 5.32 Å². The molecule has 0 saturated carbocycles. The van der Waals surface area contributed by atoms with Gasteiger partial charge in [0, 0.05) is 10.0 Å². The first-order chi connectivity index (χ1) is 11.4. The Morgan fingerprint density at radius 2 is 2.25 bits per heavy atom. The number of rotatable bonds is 6. The van der Waals surface area contributed by atoms with Crippen LogP contribution in [0.5, 0.6) is 5.75 Å². The molecule has 1 unspecified atom stereocenters. The molecule has 0 radical (unpaired) electrons. The largest absolute Gasteiger partial charge is 0.492 e. The Morgan fingerprint density at radius 3 is 2.92 bits per heavy atom. The van der Waals surface area contributed by atoms with Gasteiger partial charge in [-0.05, 0) is 35.0 Å². The van der Waals surface area contributed by atoms with Gasteiger partial charge in [-0.25, -0.2) is 0 Å². The molecule has 1 aliphatic heterocycles. The molecule has 1 aliphatic rings. The number of carboxylic acid groups (broad SMARTS) is 1. The van der Waals surface area contributed by atoms with Gasteiger partial charge in [0.15, 0.2) is 5.17 Å². The highest BCUT2D eigenvalue weighted by Gasteiger charge is 2.32. The van der Waals surface area contributed by atoms with Gasteiger partial charge in [0.05, 0.1) is 23.7 Å². The molecule has 1 saturated heterocycles. The standard InChI is InChI=1S/C14H13Br2N3O4S/c1-2-23-12-7(3-8(15)4-9(12)16)6-17-19-14-18-13(22)10(24-14)5-11(20)21/h3-4,6,10H,2,5H2,1H3,(H,20,21)(H,18,19,22). The molecule has 0 aliphatic carbocycles. The van der Waals surface area contributed by atoms with Crippen LogP contribution in [-0.2, 0) is 9.59 Å². The van der Waals surface area contributed by atoms with Gasteiger partial charge in [0.1, 0.15) is 11.0 Å². The van der Waals surface area contributed by atoms with Crippen LogP contribution in [0.15, 0.2) is 31.3 Å². The zero-order valence-electron chi connectivity index (χ0n) is 12.5. The van der Waals surface area contributed by atoms with Gasteiger partial charge in [0.25, 0.3) is 0 Å². The van der Waals surface area contributed by atoms with E-state index in [4.69, 9.17) is 9.84 Å². The number of halogens is 2. The Morgan fingerprint density at radius 1 is 1.50 bits per heavy atom. The number of hydrogen-bond acceptors (Lipinski definition) is 6. The third-order valence-electron chi connectivity index (χ3n) is 2.81. The maximum atomic E-state index is 11.6. The number of aliphatic carboxylic acids is 1. The molecule has 1 aromatic rings. The summed E-state index contributed by atoms with van der Waals surface area (Å²) in [6.07, 6.45) is 1.25. The monoisotopic (exact) mass is 477 g/mol. The minimum absolute atomic E-state index is 0.258. The predicted octanol–water partition coefficient (Wildman–Crippen LogP) is 3.01. The van der Waals surface area contributed by atoms with Gasteiger partial charge >= 0.3 is 5.97 Å². The summed E-state index contributed by atoms with van der Waals surface area (Å²) < 4.78 is 7.20. The molecule has 1 amide bonds. The lowest BCUT2D eigenvalue weighted by Crippen LogP contribution is -2.26. The third kappa shape index (κ3) is 5.05. The summed E-state index contributed by atoms with van der Waals surface area (Å²) in [4.78, 5) is 22.3. The van der Waals surface area contributed by atoms with Gasteiger partial charge in [-0.3, -0.25) is 9.59 Å². The Kier molecular flexibility index (Phi) is 6.81. The van der Waals surface area contributed by atoms with Crippen molar-refractivity contribution in [2.24, 2.45) is 10.2 Å². The van der Waals surface area contributed by atoms with Crippen molar-refractivity contribution in [2.75, 3.05) is 6.61 Å². The van der Waals surface area contributed by atoms with E-state index in [2.05, 4.69) is 47.4 Å². The van der Waals surface area contributed by atoms with Crippen LogP contribution in [0.2, 0.25) is 0 Å². The molecule has 7 nitrogen and oxygen atoms in total. The lowest BCUT2D eigenvalue weighted by atomic mass is 10.2. The van der Waals surface area contributed by atoms with Gasteiger partial charge in [0.2, 0.25) is 5.91 Å². The molecule has 24 heavy (non-hydrogen) atoms. The number of nitrogens with zero attached hydrogens (tertiary/aromatic N) is 2. The second kappa shape index (κ2) is 8.63. The van der Waals surface area contributed by atoms with E-state index >= 15 is 0 Å². The molecule has 1 heterocycles. The van der Waals surface area contributed by atoms with E-state index in [1.165, 1.54) is 6.21 Å². The Labute approximate surface area is 159 Å². The van der Waals surface area contributed by atoms with Crippen LogP contribution < -0.4 is 10.1 Å². The summed E-state index contributed by atoms with van der Waals surface area (Å²) in [5.41, 5.74) is 0.707. The Balaban J connectivity index is 2.14. The van der Waals surface area contributed by atoms with E-state index in [1.54, 1.807) is 0 Å². The normalized spacial score (nSPS) is 19.0. The van der Waals surface area contributed by atoms with Crippen LogP contribution in [0.4, 0.5) is 0 Å². The maximum absolute atomic E-state index is 11.6. The molecule has 10 heteroatoms. The van der Waals surface area contributed by atoms with Gasteiger partial charge in [-0.1, -0.05) is 27.7 Å². The number of thioether (sulfide) groups is 1. The van der Waals surface area contributed by atoms with Crippen LogP contribution in [0, 0.1) is 0 Å². The summed E-state index contributed by atoms with van der Waals surface area (Å²) in [6, 6.07) is 3.69. The fourth-order valence-electron chi connectivity index (χ4n) is 1.86. The molecule has 1 atom stereocenters. The molecule has 2 rings (SSSR count). The second-order valence-electron chi connectivity index (χ2n) is 4.58. The Hall–Kier alpha value is -1.39. The van der Waals surface area contributed by atoms with Crippen molar-refractivity contribution in [2.45, 2.75) is 18.6 Å². The van der Waals surface area contributed by atoms with E-state index in [9.17, 15) is 9.59 Å². The Bertz CT molecular complexity index is 724. The quantitative estimate of drug-likeness (QED) is 0.483. The van der Waals surface area contributed by atoms with Crippen molar-refractivity contribution >= 4 is 66.9 Å². The van der Waals surface area contributed by atoms with Gasteiger partial charge in [-0.15, -0.1) is 5.10 Å². The number of ether oxygens (including phenoxy) is 1. The topological polar surface area (TPSA) is 100 Å². The smallest absolute Gasteiger partial charge is 0.305 e. The van der Waals surface area contributed by atoms with Crippen molar-refractivity contribution in [3.63, 3.8) is 0 Å². The minimum atomic E-state index is -1.03. The zero-order valence-corrected chi connectivity index (χ0v) is 16.4. The number of amides is 1. The number of amidine groups is 1. The fourth-order valence-corrected chi connectivity index (χ4v) is 4.15. The highest BCUT2D eigenvalue weighted by molar-refractivity contribution is 9.11. The van der Waals surface area contributed by atoms with Crippen LogP contribution in [0.25, 0.3) is 0 Å². The van der Waals surface area contributed by atoms with Crippen LogP contribution in [0.3, 0.4) is 0 Å². The SMILES string of the molecule is CCOc1c(Br)cc(Br)cc1C=NN=C1NC(=O)C(CC(=O)O)S1. The van der Waals surface area contributed by atoms with E-state index in [1.807, 2.05) is 19.1 Å². The molecular weight excluding hydrogens is 466 g/mol. The number of carbonyl (C=O) groups is 2. The van der Waals surface area contributed by atoms with Gasteiger partial charge < -0.3 is 15.2 Å². The molecular formula is C14H13Br2N3O4S. The van der Waals surface area contributed by atoms with E-state index in [0.717, 1.165) is 20.7 Å². The summed E-state index contributed by atoms with van der Waals surface area (Å²) in [5, 5.41) is 18.7. The summed E-state index contributed by atoms with van der Waals surface area (Å²) in [5.74, 6) is -0.777. The molecule has 128 valence electrons. The predicted molar refractivity (Wildman–Crippen MR) is 99.8 cm³/mol. The number of hydrogen-bond donors (Lipinski definition) is 2. The maximum Gasteiger partial charge on any atom is 0.305 e. The summed E-state index contributed by atoms with van der Waals surface area (Å²) >= 11 is 7.87. The lowest BCUT2D eigenvalue weighted by Gasteiger charge is -2.09. The second-order valence-corrected chi connectivity index (χ2v) is 7.54. The van der Waals surface area contributed by atoms with Crippen molar-refractivity contribution in [3.05, 3.63) is 26.6 Å². The van der Waals surface area contributed by atoms with Crippen LogP contribution in [0.1, 0.15) is 18.9 Å². The molecule has 2 N–H and O–H groups in total. The molecule has 1 fully saturated rings. The number of nitrogens with one attached hydrogen (secondary N) is 1.